The summed E-state index contributed by atoms with van der Waals surface area (Å²) in [5.74, 6) is 1.07. The Morgan fingerprint density at radius 3 is 1.97 bits per heavy atom. The van der Waals surface area contributed by atoms with E-state index in [1.165, 1.54) is 14.2 Å². The summed E-state index contributed by atoms with van der Waals surface area (Å²) in [5.41, 5.74) is 2.12. The van der Waals surface area contributed by atoms with Crippen LogP contribution in [0, 0.1) is 11.3 Å². The molecule has 3 rings (SSSR count). The topological polar surface area (TPSA) is 77.8 Å². The van der Waals surface area contributed by atoms with Gasteiger partial charge in [0.15, 0.2) is 11.5 Å². The summed E-state index contributed by atoms with van der Waals surface area (Å²) in [5, 5.41) is 9.65. The minimum absolute atomic E-state index is 0.256. The van der Waals surface area contributed by atoms with Crippen molar-refractivity contribution >= 4 is 17.6 Å². The number of nitrogens with zero attached hydrogens (tertiary/aromatic N) is 1. The summed E-state index contributed by atoms with van der Waals surface area (Å²) >= 11 is 0. The number of ether oxygens (including phenoxy) is 4. The largest absolute Gasteiger partial charge is 0.496 e. The zero-order valence-corrected chi connectivity index (χ0v) is 17.4. The average Bonchev–Trinajstić information content (AvgIpc) is 2.83. The van der Waals surface area contributed by atoms with E-state index in [1.807, 2.05) is 18.2 Å². The van der Waals surface area contributed by atoms with Crippen LogP contribution in [0.2, 0.25) is 0 Å². The third kappa shape index (κ3) is 4.85. The normalized spacial score (nSPS) is 10.7. The van der Waals surface area contributed by atoms with Gasteiger partial charge in [-0.25, -0.2) is 4.79 Å². The van der Waals surface area contributed by atoms with Crippen molar-refractivity contribution in [3.8, 4) is 29.1 Å². The molecule has 0 aliphatic carbocycles. The van der Waals surface area contributed by atoms with E-state index < -0.39 is 5.97 Å². The van der Waals surface area contributed by atoms with Crippen LogP contribution in [-0.2, 0) is 0 Å². The zero-order valence-electron chi connectivity index (χ0n) is 17.4. The Hall–Kier alpha value is -4.24. The smallest absolute Gasteiger partial charge is 0.347 e. The number of hydrogen-bond donors (Lipinski definition) is 0. The molecule has 0 radical (unpaired) electrons. The number of nitriles is 1. The van der Waals surface area contributed by atoms with E-state index in [0.29, 0.717) is 39.5 Å². The predicted octanol–water partition coefficient (Wildman–Crippen LogP) is 5.00. The van der Waals surface area contributed by atoms with Crippen LogP contribution in [0.3, 0.4) is 0 Å². The Kier molecular flexibility index (Phi) is 6.92. The van der Waals surface area contributed by atoms with Crippen LogP contribution >= 0.6 is 0 Å². The Balaban J connectivity index is 1.92. The van der Waals surface area contributed by atoms with Gasteiger partial charge in [0.05, 0.1) is 33.0 Å². The molecule has 0 saturated heterocycles. The van der Waals surface area contributed by atoms with Gasteiger partial charge in [-0.1, -0.05) is 30.3 Å². The molecule has 0 fully saturated rings. The van der Waals surface area contributed by atoms with Gasteiger partial charge in [-0.3, -0.25) is 0 Å². The molecule has 0 unspecified atom stereocenters. The van der Waals surface area contributed by atoms with Crippen molar-refractivity contribution in [2.45, 2.75) is 0 Å². The molecule has 6 nitrogen and oxygen atoms in total. The first-order valence-electron chi connectivity index (χ1n) is 9.39. The van der Waals surface area contributed by atoms with Crippen LogP contribution in [0.4, 0.5) is 0 Å². The van der Waals surface area contributed by atoms with E-state index in [4.69, 9.17) is 18.9 Å². The molecule has 0 bridgehead atoms. The van der Waals surface area contributed by atoms with E-state index in [0.717, 1.165) is 0 Å². The number of methoxy groups -OCH3 is 3. The van der Waals surface area contributed by atoms with Gasteiger partial charge in [-0.15, -0.1) is 0 Å². The fraction of sp³-hybridized carbons (Fsp3) is 0.120. The molecule has 0 spiro atoms. The third-order valence-corrected chi connectivity index (χ3v) is 4.55. The third-order valence-electron chi connectivity index (χ3n) is 4.55. The van der Waals surface area contributed by atoms with E-state index in [1.54, 1.807) is 61.7 Å². The molecule has 3 aromatic carbocycles. The maximum absolute atomic E-state index is 12.6. The maximum Gasteiger partial charge on any atom is 0.347 e. The number of para-hydroxylation sites is 2. The summed E-state index contributed by atoms with van der Waals surface area (Å²) in [4.78, 5) is 12.6. The molecule has 0 N–H and O–H groups in total. The van der Waals surface area contributed by atoms with Crippen LogP contribution in [0.15, 0.2) is 66.7 Å². The summed E-state index contributed by atoms with van der Waals surface area (Å²) in [6, 6.07) is 21.3. The number of carbonyl (C=O) groups excluding carboxylic acids is 1. The highest BCUT2D eigenvalue weighted by atomic mass is 16.6. The molecule has 31 heavy (non-hydrogen) atoms. The highest BCUT2D eigenvalue weighted by Gasteiger charge is 2.17. The van der Waals surface area contributed by atoms with Crippen LogP contribution in [0.25, 0.3) is 11.6 Å². The second-order valence-electron chi connectivity index (χ2n) is 6.37. The Morgan fingerprint density at radius 2 is 1.35 bits per heavy atom. The van der Waals surface area contributed by atoms with Crippen molar-refractivity contribution < 1.29 is 23.7 Å². The van der Waals surface area contributed by atoms with Gasteiger partial charge in [-0.2, -0.15) is 5.26 Å². The van der Waals surface area contributed by atoms with Crippen molar-refractivity contribution in [1.82, 2.24) is 0 Å². The van der Waals surface area contributed by atoms with Gasteiger partial charge in [0.2, 0.25) is 0 Å². The van der Waals surface area contributed by atoms with Gasteiger partial charge in [0.1, 0.15) is 17.1 Å². The maximum atomic E-state index is 12.6. The van der Waals surface area contributed by atoms with E-state index >= 15 is 0 Å². The Labute approximate surface area is 180 Å². The highest BCUT2D eigenvalue weighted by molar-refractivity contribution is 5.94. The highest BCUT2D eigenvalue weighted by Crippen LogP contribution is 2.32. The second-order valence-corrected chi connectivity index (χ2v) is 6.37. The molecule has 0 heterocycles. The Bertz CT molecular complexity index is 1160. The van der Waals surface area contributed by atoms with Crippen molar-refractivity contribution in [3.05, 3.63) is 83.4 Å². The van der Waals surface area contributed by atoms with Crippen molar-refractivity contribution in [2.24, 2.45) is 0 Å². The van der Waals surface area contributed by atoms with Gasteiger partial charge < -0.3 is 18.9 Å². The van der Waals surface area contributed by atoms with Crippen LogP contribution in [0.5, 0.6) is 23.0 Å². The number of allylic oxidation sites excluding steroid dienone is 1. The SMILES string of the molecule is COc1cc(/C=C(/C#N)c2ccccc2OC)ccc1OC(=O)c1ccccc1OC. The molecule has 0 aromatic heterocycles. The van der Waals surface area contributed by atoms with Gasteiger partial charge >= 0.3 is 5.97 Å². The molecule has 156 valence electrons. The molecule has 0 atom stereocenters. The first-order chi connectivity index (χ1) is 15.1. The Morgan fingerprint density at radius 1 is 0.774 bits per heavy atom. The first kappa shape index (κ1) is 21.5. The average molecular weight is 415 g/mol. The number of rotatable bonds is 7. The lowest BCUT2D eigenvalue weighted by Gasteiger charge is -2.12. The van der Waals surface area contributed by atoms with Crippen LogP contribution in [0.1, 0.15) is 21.5 Å². The molecule has 6 heteroatoms. The zero-order chi connectivity index (χ0) is 22.2. The molecule has 0 amide bonds. The van der Waals surface area contributed by atoms with Crippen LogP contribution in [-0.4, -0.2) is 27.3 Å². The summed E-state index contributed by atoms with van der Waals surface area (Å²) < 4.78 is 21.5. The van der Waals surface area contributed by atoms with Gasteiger partial charge in [-0.05, 0) is 48.0 Å². The van der Waals surface area contributed by atoms with Gasteiger partial charge in [0, 0.05) is 5.56 Å². The fourth-order valence-electron chi connectivity index (χ4n) is 3.03. The lowest BCUT2D eigenvalue weighted by Crippen LogP contribution is -2.10. The monoisotopic (exact) mass is 415 g/mol. The van der Waals surface area contributed by atoms with Crippen molar-refractivity contribution in [2.75, 3.05) is 21.3 Å². The van der Waals surface area contributed by atoms with E-state index in [2.05, 4.69) is 6.07 Å². The van der Waals surface area contributed by atoms with E-state index in [-0.39, 0.29) is 5.75 Å². The summed E-state index contributed by atoms with van der Waals surface area (Å²) in [7, 11) is 4.53. The second kappa shape index (κ2) is 9.99. The van der Waals surface area contributed by atoms with Crippen LogP contribution < -0.4 is 18.9 Å². The number of benzene rings is 3. The summed E-state index contributed by atoms with van der Waals surface area (Å²) in [6.45, 7) is 0. The van der Waals surface area contributed by atoms with Crippen molar-refractivity contribution in [1.29, 1.82) is 5.26 Å². The molecule has 0 saturated carbocycles. The predicted molar refractivity (Wildman–Crippen MR) is 117 cm³/mol. The minimum Gasteiger partial charge on any atom is -0.496 e. The fourth-order valence-corrected chi connectivity index (χ4v) is 3.03. The minimum atomic E-state index is -0.564. The van der Waals surface area contributed by atoms with Gasteiger partial charge in [0.25, 0.3) is 0 Å². The molecular formula is C25H21NO5. The molecule has 0 aliphatic rings. The number of hydrogen-bond acceptors (Lipinski definition) is 6. The summed E-state index contributed by atoms with van der Waals surface area (Å²) in [6.07, 6.45) is 1.71. The molecule has 3 aromatic rings. The number of carbonyl (C=O) groups is 1. The lowest BCUT2D eigenvalue weighted by atomic mass is 10.0. The molecular weight excluding hydrogens is 394 g/mol. The standard InChI is InChI=1S/C25H21NO5/c1-28-21-10-6-4-8-19(21)18(16-26)14-17-12-13-23(24(15-17)30-3)31-25(27)20-9-5-7-11-22(20)29-2/h4-15H,1-3H3/b18-14-. The quantitative estimate of drug-likeness (QED) is 0.234. The first-order valence-corrected chi connectivity index (χ1v) is 9.39. The van der Waals surface area contributed by atoms with E-state index in [9.17, 15) is 10.1 Å². The molecule has 0 aliphatic heterocycles. The lowest BCUT2D eigenvalue weighted by molar-refractivity contribution is 0.0726. The van der Waals surface area contributed by atoms with Crippen molar-refractivity contribution in [3.63, 3.8) is 0 Å². The number of esters is 1.